The molecular weight excluding hydrogens is 199 g/mol. The average molecular weight is 208 g/mol. The van der Waals surface area contributed by atoms with Crippen molar-refractivity contribution in [2.45, 2.75) is 18.8 Å². The van der Waals surface area contributed by atoms with Gasteiger partial charge in [0.1, 0.15) is 5.82 Å². The molecule has 1 aromatic carbocycles. The molecule has 3 nitrogen and oxygen atoms in total. The summed E-state index contributed by atoms with van der Waals surface area (Å²) in [6.07, 6.45) is 0.0489. The molecule has 4 heteroatoms. The molecule has 1 atom stereocenters. The monoisotopic (exact) mass is 208 g/mol. The van der Waals surface area contributed by atoms with Crippen LogP contribution in [-0.2, 0) is 4.79 Å². The minimum absolute atomic E-state index is 0.101. The Labute approximate surface area is 85.5 Å². The van der Waals surface area contributed by atoms with Crippen molar-refractivity contribution in [2.24, 2.45) is 0 Å². The number of fused-ring (bicyclic) bond motifs is 1. The van der Waals surface area contributed by atoms with Crippen LogP contribution in [0.25, 0.3) is 0 Å². The van der Waals surface area contributed by atoms with E-state index in [1.165, 1.54) is 18.2 Å². The van der Waals surface area contributed by atoms with E-state index >= 15 is 0 Å². The first-order valence-corrected chi connectivity index (χ1v) is 4.62. The number of carbonyl (C=O) groups excluding carboxylic acids is 1. The highest BCUT2D eigenvalue weighted by atomic mass is 19.1. The molecule has 0 aliphatic heterocycles. The van der Waals surface area contributed by atoms with Crippen LogP contribution >= 0.6 is 0 Å². The van der Waals surface area contributed by atoms with Gasteiger partial charge in [-0.2, -0.15) is 0 Å². The molecule has 0 spiro atoms. The third-order valence-corrected chi connectivity index (χ3v) is 2.61. The fourth-order valence-corrected chi connectivity index (χ4v) is 1.96. The normalized spacial score (nSPS) is 19.0. The Morgan fingerprint density at radius 3 is 2.93 bits per heavy atom. The molecule has 1 N–H and O–H groups in total. The number of carbonyl (C=O) groups is 2. The van der Waals surface area contributed by atoms with Gasteiger partial charge < -0.3 is 5.11 Å². The highest BCUT2D eigenvalue weighted by molar-refractivity contribution is 6.01. The number of benzene rings is 1. The second-order valence-electron chi connectivity index (χ2n) is 3.65. The lowest BCUT2D eigenvalue weighted by molar-refractivity contribution is -0.137. The van der Waals surface area contributed by atoms with Gasteiger partial charge in [-0.3, -0.25) is 9.59 Å². The van der Waals surface area contributed by atoms with Crippen molar-refractivity contribution in [3.63, 3.8) is 0 Å². The molecule has 0 bridgehead atoms. The standard InChI is InChI=1S/C11H9FO3/c12-7-1-2-8-9(5-7)6(3-10(8)13)4-11(14)15/h1-2,5-6H,3-4H2,(H,14,15). The Bertz CT molecular complexity index is 437. The molecule has 0 heterocycles. The smallest absolute Gasteiger partial charge is 0.303 e. The molecule has 15 heavy (non-hydrogen) atoms. The maximum absolute atomic E-state index is 12.9. The van der Waals surface area contributed by atoms with Gasteiger partial charge >= 0.3 is 5.97 Å². The van der Waals surface area contributed by atoms with Crippen LogP contribution < -0.4 is 0 Å². The molecule has 1 unspecified atom stereocenters. The van der Waals surface area contributed by atoms with Crippen LogP contribution in [0.3, 0.4) is 0 Å². The summed E-state index contributed by atoms with van der Waals surface area (Å²) >= 11 is 0. The van der Waals surface area contributed by atoms with Gasteiger partial charge in [-0.1, -0.05) is 0 Å². The van der Waals surface area contributed by atoms with Crippen LogP contribution in [-0.4, -0.2) is 16.9 Å². The zero-order valence-electron chi connectivity index (χ0n) is 7.87. The summed E-state index contributed by atoms with van der Waals surface area (Å²) in [7, 11) is 0. The van der Waals surface area contributed by atoms with Gasteiger partial charge in [0.2, 0.25) is 0 Å². The van der Waals surface area contributed by atoms with Crippen LogP contribution in [0, 0.1) is 5.82 Å². The van der Waals surface area contributed by atoms with Gasteiger partial charge in [-0.25, -0.2) is 4.39 Å². The quantitative estimate of drug-likeness (QED) is 0.808. The van der Waals surface area contributed by atoms with Crippen molar-refractivity contribution >= 4 is 11.8 Å². The Morgan fingerprint density at radius 2 is 2.27 bits per heavy atom. The molecule has 78 valence electrons. The van der Waals surface area contributed by atoms with E-state index in [0.717, 1.165) is 0 Å². The Kier molecular flexibility index (Phi) is 2.26. The molecule has 0 radical (unpaired) electrons. The third-order valence-electron chi connectivity index (χ3n) is 2.61. The van der Waals surface area contributed by atoms with Crippen molar-refractivity contribution in [1.82, 2.24) is 0 Å². The third kappa shape index (κ3) is 1.75. The highest BCUT2D eigenvalue weighted by Gasteiger charge is 2.30. The molecule has 0 aromatic heterocycles. The van der Waals surface area contributed by atoms with Crippen molar-refractivity contribution < 1.29 is 19.1 Å². The number of rotatable bonds is 2. The number of hydrogen-bond acceptors (Lipinski definition) is 2. The maximum Gasteiger partial charge on any atom is 0.303 e. The first-order valence-electron chi connectivity index (χ1n) is 4.62. The molecule has 1 aliphatic rings. The fraction of sp³-hybridized carbons (Fsp3) is 0.273. The minimum atomic E-state index is -0.968. The first-order chi connectivity index (χ1) is 7.08. The first kappa shape index (κ1) is 9.83. The molecule has 0 fully saturated rings. The van der Waals surface area contributed by atoms with E-state index < -0.39 is 11.8 Å². The molecule has 1 aromatic rings. The molecule has 1 aliphatic carbocycles. The lowest BCUT2D eigenvalue weighted by atomic mass is 9.98. The number of halogens is 1. The van der Waals surface area contributed by atoms with Crippen molar-refractivity contribution in [3.8, 4) is 0 Å². The van der Waals surface area contributed by atoms with E-state index in [2.05, 4.69) is 0 Å². The molecular formula is C11H9FO3. The van der Waals surface area contributed by atoms with E-state index in [-0.39, 0.29) is 24.5 Å². The number of aliphatic carboxylic acids is 1. The van der Waals surface area contributed by atoms with Crippen LogP contribution in [0.1, 0.15) is 34.7 Å². The van der Waals surface area contributed by atoms with E-state index in [4.69, 9.17) is 5.11 Å². The van der Waals surface area contributed by atoms with Crippen molar-refractivity contribution in [3.05, 3.63) is 35.1 Å². The second kappa shape index (κ2) is 3.46. The van der Waals surface area contributed by atoms with Gasteiger partial charge in [0, 0.05) is 17.9 Å². The van der Waals surface area contributed by atoms with Gasteiger partial charge in [0.05, 0.1) is 6.42 Å². The lowest BCUT2D eigenvalue weighted by Crippen LogP contribution is -2.03. The maximum atomic E-state index is 12.9. The second-order valence-corrected chi connectivity index (χ2v) is 3.65. The SMILES string of the molecule is O=C(O)CC1CC(=O)c2ccc(F)cc21. The zero-order chi connectivity index (χ0) is 11.0. The predicted octanol–water partition coefficient (Wildman–Crippen LogP) is 1.97. The Balaban J connectivity index is 2.39. The topological polar surface area (TPSA) is 54.4 Å². The molecule has 2 rings (SSSR count). The van der Waals surface area contributed by atoms with Gasteiger partial charge in [0.15, 0.2) is 5.78 Å². The van der Waals surface area contributed by atoms with Crippen LogP contribution in [0.2, 0.25) is 0 Å². The van der Waals surface area contributed by atoms with Crippen LogP contribution in [0.4, 0.5) is 4.39 Å². The number of Topliss-reactive ketones (excluding diaryl/α,β-unsaturated/α-hetero) is 1. The van der Waals surface area contributed by atoms with Crippen molar-refractivity contribution in [1.29, 1.82) is 0 Å². The van der Waals surface area contributed by atoms with Crippen molar-refractivity contribution in [2.75, 3.05) is 0 Å². The molecule has 0 saturated heterocycles. The number of hydrogen-bond donors (Lipinski definition) is 1. The summed E-state index contributed by atoms with van der Waals surface area (Å²) in [5, 5.41) is 8.65. The molecule has 0 saturated carbocycles. The van der Waals surface area contributed by atoms with Crippen LogP contribution in [0.15, 0.2) is 18.2 Å². The Morgan fingerprint density at radius 1 is 1.53 bits per heavy atom. The number of ketones is 1. The summed E-state index contributed by atoms with van der Waals surface area (Å²) < 4.78 is 12.9. The lowest BCUT2D eigenvalue weighted by Gasteiger charge is -2.06. The summed E-state index contributed by atoms with van der Waals surface area (Å²) in [6.45, 7) is 0. The van der Waals surface area contributed by atoms with Crippen LogP contribution in [0.5, 0.6) is 0 Å². The Hall–Kier alpha value is -1.71. The number of carboxylic acid groups (broad SMARTS) is 1. The fourth-order valence-electron chi connectivity index (χ4n) is 1.96. The van der Waals surface area contributed by atoms with E-state index in [1.54, 1.807) is 0 Å². The van der Waals surface area contributed by atoms with E-state index in [9.17, 15) is 14.0 Å². The predicted molar refractivity (Wildman–Crippen MR) is 50.3 cm³/mol. The molecule has 0 amide bonds. The van der Waals surface area contributed by atoms with Gasteiger partial charge in [0.25, 0.3) is 0 Å². The zero-order valence-corrected chi connectivity index (χ0v) is 7.87. The summed E-state index contributed by atoms with van der Waals surface area (Å²) in [6, 6.07) is 3.91. The summed E-state index contributed by atoms with van der Waals surface area (Å²) in [5.74, 6) is -1.87. The van der Waals surface area contributed by atoms with E-state index in [0.29, 0.717) is 11.1 Å². The van der Waals surface area contributed by atoms with E-state index in [1.807, 2.05) is 0 Å². The highest BCUT2D eigenvalue weighted by Crippen LogP contribution is 2.35. The largest absolute Gasteiger partial charge is 0.481 e. The number of carboxylic acids is 1. The van der Waals surface area contributed by atoms with Gasteiger partial charge in [-0.05, 0) is 23.8 Å². The minimum Gasteiger partial charge on any atom is -0.481 e. The summed E-state index contributed by atoms with van der Waals surface area (Å²) in [4.78, 5) is 22.0. The summed E-state index contributed by atoms with van der Waals surface area (Å²) in [5.41, 5.74) is 0.991. The average Bonchev–Trinajstić information content (AvgIpc) is 2.42. The van der Waals surface area contributed by atoms with Gasteiger partial charge in [-0.15, -0.1) is 0 Å².